The standard InChI is InChI=1S/C23H19NO3/c25-22(19-13-7-6-11-17(19)15-8-2-1-3-9-15)24-21-18-12-5-4-10-16(18)14-20(21)23(26)27/h1-13,20-21H,14H2,(H,24,25)(H,26,27)/t20-,21?/m1/s1. The highest BCUT2D eigenvalue weighted by Crippen LogP contribution is 2.36. The van der Waals surface area contributed by atoms with Crippen LogP contribution in [0.15, 0.2) is 78.9 Å². The summed E-state index contributed by atoms with van der Waals surface area (Å²) in [6.07, 6.45) is 0.427. The monoisotopic (exact) mass is 357 g/mol. The lowest BCUT2D eigenvalue weighted by atomic mass is 9.97. The molecular formula is C23H19NO3. The van der Waals surface area contributed by atoms with Crippen LogP contribution in [-0.2, 0) is 11.2 Å². The Balaban J connectivity index is 1.68. The molecule has 3 aromatic carbocycles. The normalized spacial score (nSPS) is 17.9. The Labute approximate surface area is 157 Å². The van der Waals surface area contributed by atoms with Crippen molar-refractivity contribution in [3.8, 4) is 11.1 Å². The second kappa shape index (κ2) is 7.08. The highest BCUT2D eigenvalue weighted by molar-refractivity contribution is 6.01. The van der Waals surface area contributed by atoms with Crippen molar-refractivity contribution in [3.05, 3.63) is 95.6 Å². The van der Waals surface area contributed by atoms with Crippen LogP contribution in [0.5, 0.6) is 0 Å². The van der Waals surface area contributed by atoms with E-state index in [1.807, 2.05) is 72.8 Å². The molecule has 1 aliphatic rings. The van der Waals surface area contributed by atoms with Crippen LogP contribution >= 0.6 is 0 Å². The third-order valence-corrected chi connectivity index (χ3v) is 5.09. The molecule has 0 aromatic heterocycles. The van der Waals surface area contributed by atoms with Crippen molar-refractivity contribution in [1.29, 1.82) is 0 Å². The fraction of sp³-hybridized carbons (Fsp3) is 0.130. The minimum atomic E-state index is -0.896. The lowest BCUT2D eigenvalue weighted by Gasteiger charge is -2.20. The van der Waals surface area contributed by atoms with E-state index >= 15 is 0 Å². The number of carboxylic acid groups (broad SMARTS) is 1. The predicted molar refractivity (Wildman–Crippen MR) is 103 cm³/mol. The third kappa shape index (κ3) is 3.22. The Morgan fingerprint density at radius 3 is 2.30 bits per heavy atom. The number of hydrogen-bond acceptors (Lipinski definition) is 2. The number of carboxylic acids is 1. The van der Waals surface area contributed by atoms with E-state index in [2.05, 4.69) is 5.32 Å². The molecule has 0 bridgehead atoms. The van der Waals surface area contributed by atoms with E-state index in [4.69, 9.17) is 0 Å². The molecule has 27 heavy (non-hydrogen) atoms. The molecule has 2 atom stereocenters. The first-order valence-corrected chi connectivity index (χ1v) is 8.91. The summed E-state index contributed by atoms with van der Waals surface area (Å²) >= 11 is 0. The Morgan fingerprint density at radius 2 is 1.52 bits per heavy atom. The molecule has 4 heteroatoms. The fourth-order valence-electron chi connectivity index (χ4n) is 3.77. The number of rotatable bonds is 4. The van der Waals surface area contributed by atoms with Crippen molar-refractivity contribution in [2.24, 2.45) is 5.92 Å². The molecule has 0 heterocycles. The van der Waals surface area contributed by atoms with E-state index in [-0.39, 0.29) is 5.91 Å². The summed E-state index contributed by atoms with van der Waals surface area (Å²) in [7, 11) is 0. The molecular weight excluding hydrogens is 338 g/mol. The summed E-state index contributed by atoms with van der Waals surface area (Å²) < 4.78 is 0. The molecule has 134 valence electrons. The summed E-state index contributed by atoms with van der Waals surface area (Å²) in [5.74, 6) is -1.81. The first-order chi connectivity index (χ1) is 13.1. The number of nitrogens with one attached hydrogen (secondary N) is 1. The van der Waals surface area contributed by atoms with Gasteiger partial charge >= 0.3 is 5.97 Å². The molecule has 0 fully saturated rings. The second-order valence-corrected chi connectivity index (χ2v) is 6.71. The van der Waals surface area contributed by atoms with Crippen molar-refractivity contribution >= 4 is 11.9 Å². The van der Waals surface area contributed by atoms with E-state index in [1.54, 1.807) is 6.07 Å². The Morgan fingerprint density at radius 1 is 0.852 bits per heavy atom. The van der Waals surface area contributed by atoms with Crippen LogP contribution in [0, 0.1) is 5.92 Å². The molecule has 4 rings (SSSR count). The number of hydrogen-bond donors (Lipinski definition) is 2. The van der Waals surface area contributed by atoms with Crippen LogP contribution in [0.3, 0.4) is 0 Å². The number of carbonyl (C=O) groups is 2. The summed E-state index contributed by atoms with van der Waals surface area (Å²) in [6.45, 7) is 0. The molecule has 3 aromatic rings. The van der Waals surface area contributed by atoms with Gasteiger partial charge < -0.3 is 10.4 Å². The quantitative estimate of drug-likeness (QED) is 0.739. The lowest BCUT2D eigenvalue weighted by molar-refractivity contribution is -0.142. The Kier molecular flexibility index (Phi) is 4.47. The second-order valence-electron chi connectivity index (χ2n) is 6.71. The number of amides is 1. The maximum absolute atomic E-state index is 13.1. The van der Waals surface area contributed by atoms with Crippen LogP contribution in [0.25, 0.3) is 11.1 Å². The summed E-state index contributed by atoms with van der Waals surface area (Å²) in [6, 6.07) is 24.1. The third-order valence-electron chi connectivity index (χ3n) is 5.09. The summed E-state index contributed by atoms with van der Waals surface area (Å²) in [5, 5.41) is 12.6. The van der Waals surface area contributed by atoms with Crippen LogP contribution in [0.4, 0.5) is 0 Å². The highest BCUT2D eigenvalue weighted by atomic mass is 16.4. The van der Waals surface area contributed by atoms with Gasteiger partial charge in [0, 0.05) is 5.56 Å². The van der Waals surface area contributed by atoms with E-state index in [0.717, 1.165) is 22.3 Å². The van der Waals surface area contributed by atoms with Gasteiger partial charge in [-0.1, -0.05) is 72.8 Å². The van der Waals surface area contributed by atoms with Crippen molar-refractivity contribution in [2.45, 2.75) is 12.5 Å². The molecule has 0 aliphatic heterocycles. The largest absolute Gasteiger partial charge is 0.481 e. The van der Waals surface area contributed by atoms with Gasteiger partial charge in [-0.15, -0.1) is 0 Å². The van der Waals surface area contributed by atoms with Gasteiger partial charge in [-0.25, -0.2) is 0 Å². The number of carbonyl (C=O) groups excluding carboxylic acids is 1. The van der Waals surface area contributed by atoms with Gasteiger partial charge in [0.25, 0.3) is 5.91 Å². The Bertz CT molecular complexity index is 997. The topological polar surface area (TPSA) is 66.4 Å². The van der Waals surface area contributed by atoms with Crippen molar-refractivity contribution in [1.82, 2.24) is 5.32 Å². The molecule has 1 unspecified atom stereocenters. The van der Waals surface area contributed by atoms with E-state index in [1.165, 1.54) is 0 Å². The molecule has 4 nitrogen and oxygen atoms in total. The Hall–Kier alpha value is -3.40. The van der Waals surface area contributed by atoms with Crippen molar-refractivity contribution < 1.29 is 14.7 Å². The zero-order valence-corrected chi connectivity index (χ0v) is 14.6. The van der Waals surface area contributed by atoms with Crippen LogP contribution in [0.2, 0.25) is 0 Å². The SMILES string of the molecule is O=C(NC1c2ccccc2C[C@H]1C(=O)O)c1ccccc1-c1ccccc1. The maximum atomic E-state index is 13.1. The average molecular weight is 357 g/mol. The minimum absolute atomic E-state index is 0.262. The molecule has 0 radical (unpaired) electrons. The molecule has 0 spiro atoms. The zero-order chi connectivity index (χ0) is 18.8. The first kappa shape index (κ1) is 17.0. The van der Waals surface area contributed by atoms with Crippen LogP contribution in [-0.4, -0.2) is 17.0 Å². The average Bonchev–Trinajstić information content (AvgIpc) is 3.07. The zero-order valence-electron chi connectivity index (χ0n) is 14.6. The van der Waals surface area contributed by atoms with Gasteiger partial charge in [0.05, 0.1) is 12.0 Å². The van der Waals surface area contributed by atoms with E-state index < -0.39 is 17.9 Å². The first-order valence-electron chi connectivity index (χ1n) is 8.91. The minimum Gasteiger partial charge on any atom is -0.481 e. The van der Waals surface area contributed by atoms with E-state index in [0.29, 0.717) is 12.0 Å². The predicted octanol–water partition coefficient (Wildman–Crippen LogP) is 4.08. The number of aliphatic carboxylic acids is 1. The molecule has 0 saturated carbocycles. The molecule has 1 amide bonds. The maximum Gasteiger partial charge on any atom is 0.309 e. The van der Waals surface area contributed by atoms with E-state index in [9.17, 15) is 14.7 Å². The lowest BCUT2D eigenvalue weighted by Crippen LogP contribution is -2.34. The van der Waals surface area contributed by atoms with Crippen molar-refractivity contribution in [3.63, 3.8) is 0 Å². The molecule has 1 aliphatic carbocycles. The summed E-state index contributed by atoms with van der Waals surface area (Å²) in [4.78, 5) is 24.8. The highest BCUT2D eigenvalue weighted by Gasteiger charge is 2.38. The van der Waals surface area contributed by atoms with Gasteiger partial charge in [-0.3, -0.25) is 9.59 Å². The molecule has 0 saturated heterocycles. The van der Waals surface area contributed by atoms with Gasteiger partial charge in [0.1, 0.15) is 0 Å². The van der Waals surface area contributed by atoms with Gasteiger partial charge in [0.15, 0.2) is 0 Å². The smallest absolute Gasteiger partial charge is 0.309 e. The fourth-order valence-corrected chi connectivity index (χ4v) is 3.77. The van der Waals surface area contributed by atoms with Gasteiger partial charge in [0.2, 0.25) is 0 Å². The number of benzene rings is 3. The van der Waals surface area contributed by atoms with Crippen LogP contribution in [0.1, 0.15) is 27.5 Å². The van der Waals surface area contributed by atoms with Crippen LogP contribution < -0.4 is 5.32 Å². The molecule has 2 N–H and O–H groups in total. The number of fused-ring (bicyclic) bond motifs is 1. The van der Waals surface area contributed by atoms with Gasteiger partial charge in [-0.2, -0.15) is 0 Å². The van der Waals surface area contributed by atoms with Gasteiger partial charge in [-0.05, 0) is 34.7 Å². The summed E-state index contributed by atoms with van der Waals surface area (Å²) in [5.41, 5.74) is 4.18. The van der Waals surface area contributed by atoms with Crippen molar-refractivity contribution in [2.75, 3.05) is 0 Å².